The molecule has 0 radical (unpaired) electrons. The number of rotatable bonds is 7. The number of benzene rings is 2. The van der Waals surface area contributed by atoms with Crippen LogP contribution in [0.25, 0.3) is 0 Å². The molecule has 0 aliphatic carbocycles. The molecule has 2 aromatic rings. The van der Waals surface area contributed by atoms with Gasteiger partial charge >= 0.3 is 0 Å². The predicted octanol–water partition coefficient (Wildman–Crippen LogP) is 5.87. The number of allylic oxidation sites excluding steroid dienone is 1. The van der Waals surface area contributed by atoms with Crippen molar-refractivity contribution in [2.75, 3.05) is 0 Å². The smallest absolute Gasteiger partial charge is 0.251 e. The average Bonchev–Trinajstić information content (AvgIpc) is 2.78. The molecule has 8 heteroatoms. The first-order valence-electron chi connectivity index (χ1n) is 11.6. The molecule has 1 fully saturated rings. The minimum absolute atomic E-state index is 0.0270. The van der Waals surface area contributed by atoms with Gasteiger partial charge in [-0.1, -0.05) is 30.3 Å². The van der Waals surface area contributed by atoms with Crippen molar-refractivity contribution in [3.63, 3.8) is 0 Å². The summed E-state index contributed by atoms with van der Waals surface area (Å²) in [6.07, 6.45) is 5.69. The van der Waals surface area contributed by atoms with E-state index in [1.165, 1.54) is 12.4 Å². The molecule has 3 rings (SSSR count). The van der Waals surface area contributed by atoms with Gasteiger partial charge in [0.1, 0.15) is 23.1 Å². The number of hydrogen-bond donors (Lipinski definition) is 2. The van der Waals surface area contributed by atoms with Crippen molar-refractivity contribution in [1.29, 1.82) is 5.26 Å². The van der Waals surface area contributed by atoms with E-state index < -0.39 is 0 Å². The van der Waals surface area contributed by atoms with Crippen LogP contribution in [0.2, 0.25) is 5.02 Å². The highest BCUT2D eigenvalue weighted by molar-refractivity contribution is 6.32. The quantitative estimate of drug-likeness (QED) is 0.456. The second-order valence-electron chi connectivity index (χ2n) is 9.79. The number of nitrogens with two attached hydrogens (primary N) is 1. The number of hydrogen-bond acceptors (Lipinski definition) is 6. The highest BCUT2D eigenvalue weighted by Gasteiger charge is 2.39. The maximum absolute atomic E-state index is 13.0. The Bertz CT molecular complexity index is 1240. The van der Waals surface area contributed by atoms with Crippen LogP contribution in [0.1, 0.15) is 62.0 Å². The molecule has 0 aromatic heterocycles. The van der Waals surface area contributed by atoms with Gasteiger partial charge in [0.05, 0.1) is 21.9 Å². The topological polar surface area (TPSA) is 110 Å². The van der Waals surface area contributed by atoms with Gasteiger partial charge in [-0.3, -0.25) is 9.79 Å². The van der Waals surface area contributed by atoms with E-state index in [0.717, 1.165) is 0 Å². The molecule has 1 amide bonds. The van der Waals surface area contributed by atoms with Gasteiger partial charge in [-0.05, 0) is 77.1 Å². The lowest BCUT2D eigenvalue weighted by Gasteiger charge is -2.45. The van der Waals surface area contributed by atoms with Gasteiger partial charge in [0.15, 0.2) is 0 Å². The third-order valence-electron chi connectivity index (χ3n) is 5.68. The fraction of sp³-hybridized carbons (Fsp3) is 0.321. The first-order valence-corrected chi connectivity index (χ1v) is 12.0. The predicted molar refractivity (Wildman–Crippen MR) is 142 cm³/mol. The molecule has 1 aliphatic heterocycles. The van der Waals surface area contributed by atoms with Gasteiger partial charge in [0.2, 0.25) is 0 Å². The van der Waals surface area contributed by atoms with Gasteiger partial charge in [0.25, 0.3) is 5.91 Å². The van der Waals surface area contributed by atoms with Crippen molar-refractivity contribution in [2.45, 2.75) is 57.8 Å². The molecule has 7 nitrogen and oxygen atoms in total. The van der Waals surface area contributed by atoms with E-state index >= 15 is 0 Å². The largest absolute Gasteiger partial charge is 0.454 e. The summed E-state index contributed by atoms with van der Waals surface area (Å²) in [5.74, 6) is 0.384. The summed E-state index contributed by atoms with van der Waals surface area (Å²) in [7, 11) is 0. The van der Waals surface area contributed by atoms with Crippen LogP contribution in [-0.4, -0.2) is 28.9 Å². The van der Waals surface area contributed by atoms with Crippen LogP contribution < -0.4 is 15.8 Å². The van der Waals surface area contributed by atoms with E-state index in [-0.39, 0.29) is 33.7 Å². The van der Waals surface area contributed by atoms with Crippen molar-refractivity contribution in [1.82, 2.24) is 5.32 Å². The lowest BCUT2D eigenvalue weighted by molar-refractivity contribution is -0.162. The number of halogens is 1. The molecule has 0 atom stereocenters. The van der Waals surface area contributed by atoms with Crippen LogP contribution in [0.5, 0.6) is 11.5 Å². The highest BCUT2D eigenvalue weighted by atomic mass is 35.5. The molecule has 1 saturated heterocycles. The molecule has 36 heavy (non-hydrogen) atoms. The molecular weight excluding hydrogens is 476 g/mol. The van der Waals surface area contributed by atoms with Gasteiger partial charge in [-0.25, -0.2) is 0 Å². The van der Waals surface area contributed by atoms with E-state index in [1.54, 1.807) is 42.5 Å². The zero-order valence-corrected chi connectivity index (χ0v) is 21.7. The second kappa shape index (κ2) is 11.0. The van der Waals surface area contributed by atoms with Crippen LogP contribution in [0.15, 0.2) is 66.4 Å². The summed E-state index contributed by atoms with van der Waals surface area (Å²) >= 11 is 6.48. The lowest BCUT2D eigenvalue weighted by Crippen LogP contribution is -2.52. The minimum Gasteiger partial charge on any atom is -0.454 e. The number of carbonyl (C=O) groups is 1. The standard InChI is InChI=1S/C28H31ClN4O3/c1-6-32-23(12-13-30)20-8-7-9-24(21(20)17-31)35-25-11-10-18(14-22(25)29)26(34)33-19-15-27(2,3)36-28(4,5)16-19/h6-14,19H,1,15-16,30H2,2-5H3,(H,33,34)/b13-12-,32-23?. The van der Waals surface area contributed by atoms with Gasteiger partial charge in [-0.2, -0.15) is 5.26 Å². The highest BCUT2D eigenvalue weighted by Crippen LogP contribution is 2.36. The average molecular weight is 507 g/mol. The Hall–Kier alpha value is -3.60. The molecule has 0 unspecified atom stereocenters. The molecule has 1 heterocycles. The second-order valence-corrected chi connectivity index (χ2v) is 10.2. The van der Waals surface area contributed by atoms with Crippen molar-refractivity contribution in [3.05, 3.63) is 83.2 Å². The first kappa shape index (κ1) is 27.0. The zero-order valence-electron chi connectivity index (χ0n) is 21.0. The Balaban J connectivity index is 1.82. The van der Waals surface area contributed by atoms with Crippen LogP contribution in [-0.2, 0) is 4.74 Å². The van der Waals surface area contributed by atoms with Crippen molar-refractivity contribution in [3.8, 4) is 17.6 Å². The van der Waals surface area contributed by atoms with Crippen molar-refractivity contribution in [2.24, 2.45) is 10.7 Å². The van der Waals surface area contributed by atoms with Crippen molar-refractivity contribution < 1.29 is 14.3 Å². The summed E-state index contributed by atoms with van der Waals surface area (Å²) < 4.78 is 12.1. The normalized spacial score (nSPS) is 17.4. The SMILES string of the molecule is C=CN=C(/C=C\N)c1cccc(Oc2ccc(C(=O)NC3CC(C)(C)OC(C)(C)C3)cc2Cl)c1C#N. The van der Waals surface area contributed by atoms with E-state index in [0.29, 0.717) is 41.2 Å². The number of nitrogens with one attached hydrogen (secondary N) is 1. The maximum Gasteiger partial charge on any atom is 0.251 e. The number of aliphatic imine (C=N–C) groups is 1. The lowest BCUT2D eigenvalue weighted by atomic mass is 9.85. The Morgan fingerprint density at radius 3 is 2.53 bits per heavy atom. The molecule has 2 aromatic carbocycles. The Morgan fingerprint density at radius 2 is 1.94 bits per heavy atom. The van der Waals surface area contributed by atoms with E-state index in [9.17, 15) is 10.1 Å². The van der Waals surface area contributed by atoms with E-state index in [4.69, 9.17) is 26.8 Å². The summed E-state index contributed by atoms with van der Waals surface area (Å²) in [5.41, 5.74) is 6.53. The summed E-state index contributed by atoms with van der Waals surface area (Å²) in [6, 6.07) is 12.1. The molecule has 0 saturated carbocycles. The van der Waals surface area contributed by atoms with E-state index in [1.807, 2.05) is 27.7 Å². The van der Waals surface area contributed by atoms with Crippen molar-refractivity contribution >= 4 is 23.2 Å². The number of amides is 1. The summed E-state index contributed by atoms with van der Waals surface area (Å²) in [5, 5.41) is 13.2. The van der Waals surface area contributed by atoms with Gasteiger partial charge < -0.3 is 20.5 Å². The Labute approximate surface area is 217 Å². The van der Waals surface area contributed by atoms with Crippen LogP contribution in [0, 0.1) is 11.3 Å². The molecule has 3 N–H and O–H groups in total. The molecule has 188 valence electrons. The monoisotopic (exact) mass is 506 g/mol. The summed E-state index contributed by atoms with van der Waals surface area (Å²) in [4.78, 5) is 17.2. The van der Waals surface area contributed by atoms with Crippen LogP contribution >= 0.6 is 11.6 Å². The van der Waals surface area contributed by atoms with Gasteiger partial charge in [-0.15, -0.1) is 0 Å². The Kier molecular flexibility index (Phi) is 8.24. The summed E-state index contributed by atoms with van der Waals surface area (Å²) in [6.45, 7) is 11.7. The molecular formula is C28H31ClN4O3. The van der Waals surface area contributed by atoms with Gasteiger partial charge in [0, 0.05) is 23.4 Å². The van der Waals surface area contributed by atoms with Crippen LogP contribution in [0.4, 0.5) is 0 Å². The van der Waals surface area contributed by atoms with E-state index in [2.05, 4.69) is 23.0 Å². The van der Waals surface area contributed by atoms with Crippen LogP contribution in [0.3, 0.4) is 0 Å². The maximum atomic E-state index is 13.0. The number of carbonyl (C=O) groups excluding carboxylic acids is 1. The fourth-order valence-electron chi connectivity index (χ4n) is 4.64. The number of ether oxygens (including phenoxy) is 2. The Morgan fingerprint density at radius 1 is 1.25 bits per heavy atom. The third kappa shape index (κ3) is 6.54. The number of nitrogens with zero attached hydrogens (tertiary/aromatic N) is 2. The fourth-order valence-corrected chi connectivity index (χ4v) is 4.86. The zero-order chi connectivity index (χ0) is 26.5. The minimum atomic E-state index is -0.335. The molecule has 1 aliphatic rings. The first-order chi connectivity index (χ1) is 17.0. The molecule has 0 bridgehead atoms. The number of nitriles is 1. The third-order valence-corrected chi connectivity index (χ3v) is 5.97. The molecule has 0 spiro atoms.